The highest BCUT2D eigenvalue weighted by molar-refractivity contribution is 7.73. The number of aromatic nitrogens is 2. The first-order valence-corrected chi connectivity index (χ1v) is 16.9. The van der Waals surface area contributed by atoms with Crippen molar-refractivity contribution in [3.63, 3.8) is 0 Å². The average molecular weight is 607 g/mol. The normalized spacial score (nSPS) is 13.3. The lowest BCUT2D eigenvalue weighted by molar-refractivity contribution is -0.119. The summed E-state index contributed by atoms with van der Waals surface area (Å²) in [6.45, 7) is 9.09. The number of hydrogen-bond donors (Lipinski definition) is 2. The smallest absolute Gasteiger partial charge is 0.241 e. The molecule has 2 N–H and O–H groups in total. The van der Waals surface area contributed by atoms with Crippen LogP contribution in [-0.4, -0.2) is 66.4 Å². The van der Waals surface area contributed by atoms with E-state index in [1.807, 2.05) is 99.4 Å². The number of carbonyl (C=O) groups excluding carboxylic acids is 1. The van der Waals surface area contributed by atoms with Crippen LogP contribution in [0.5, 0.6) is 5.75 Å². The number of benzene rings is 2. The number of thiophene rings is 1. The van der Waals surface area contributed by atoms with E-state index in [1.54, 1.807) is 18.4 Å². The molecule has 0 saturated heterocycles. The van der Waals surface area contributed by atoms with Gasteiger partial charge in [0.2, 0.25) is 11.9 Å². The third-order valence-corrected chi connectivity index (χ3v) is 12.8. The number of methoxy groups -OCH3 is 1. The number of carbonyl (C=O) groups is 1. The molecule has 0 spiro atoms. The van der Waals surface area contributed by atoms with Gasteiger partial charge in [-0.25, -0.2) is 4.98 Å². The second-order valence-electron chi connectivity index (χ2n) is 11.4. The monoisotopic (exact) mass is 606 g/mol. The van der Waals surface area contributed by atoms with Crippen molar-refractivity contribution in [3.05, 3.63) is 53.4 Å². The summed E-state index contributed by atoms with van der Waals surface area (Å²) in [6.07, 6.45) is 0.770. The number of likely N-dealkylation sites (N-methyl/N-ethyl adjacent to an activating group) is 1. The number of ether oxygens (including phenoxy) is 1. The highest BCUT2D eigenvalue weighted by Crippen LogP contribution is 2.55. The van der Waals surface area contributed by atoms with Crippen LogP contribution in [0.3, 0.4) is 0 Å². The zero-order valence-corrected chi connectivity index (χ0v) is 27.0. The molecule has 11 heteroatoms. The maximum Gasteiger partial charge on any atom is 0.241 e. The molecular formula is C31H39N6O3PS. The van der Waals surface area contributed by atoms with E-state index in [9.17, 15) is 9.36 Å². The minimum atomic E-state index is -2.71. The quantitative estimate of drug-likeness (QED) is 0.199. The van der Waals surface area contributed by atoms with Crippen LogP contribution in [0.4, 0.5) is 28.8 Å². The van der Waals surface area contributed by atoms with Gasteiger partial charge in [0.1, 0.15) is 12.9 Å². The first-order chi connectivity index (χ1) is 20.0. The number of amides is 1. The SMILES string of the molecule is COc1cc2c(cc1Nc1nc(Nc3ccccc3P(=O)(C(C)C)C(C)C)c3sccc3n1)N(C(=O)CN(C)C)CC2. The summed E-state index contributed by atoms with van der Waals surface area (Å²) < 4.78 is 20.9. The van der Waals surface area contributed by atoms with Crippen LogP contribution in [-0.2, 0) is 15.8 Å². The van der Waals surface area contributed by atoms with E-state index in [1.165, 1.54) is 0 Å². The van der Waals surface area contributed by atoms with Gasteiger partial charge < -0.3 is 29.7 Å². The Morgan fingerprint density at radius 3 is 2.50 bits per heavy atom. The van der Waals surface area contributed by atoms with E-state index in [2.05, 4.69) is 10.6 Å². The number of fused-ring (bicyclic) bond motifs is 2. The molecule has 222 valence electrons. The Kier molecular flexibility index (Phi) is 8.60. The molecule has 0 fully saturated rings. The van der Waals surface area contributed by atoms with Gasteiger partial charge in [0, 0.05) is 28.9 Å². The molecular weight excluding hydrogens is 567 g/mol. The van der Waals surface area contributed by atoms with Crippen molar-refractivity contribution in [1.29, 1.82) is 0 Å². The maximum absolute atomic E-state index is 14.3. The van der Waals surface area contributed by atoms with E-state index in [0.717, 1.165) is 38.9 Å². The fourth-order valence-corrected chi connectivity index (χ4v) is 9.49. The third-order valence-electron chi connectivity index (χ3n) is 7.67. The molecule has 1 amide bonds. The molecule has 0 atom stereocenters. The lowest BCUT2D eigenvalue weighted by Crippen LogP contribution is -2.36. The van der Waals surface area contributed by atoms with E-state index in [0.29, 0.717) is 36.3 Å². The molecule has 0 aliphatic carbocycles. The second-order valence-corrected chi connectivity index (χ2v) is 16.3. The van der Waals surface area contributed by atoms with Crippen LogP contribution in [0, 0.1) is 0 Å². The summed E-state index contributed by atoms with van der Waals surface area (Å²) in [5.74, 6) is 1.72. The highest BCUT2D eigenvalue weighted by atomic mass is 32.1. The minimum Gasteiger partial charge on any atom is -0.495 e. The summed E-state index contributed by atoms with van der Waals surface area (Å²) in [5, 5.41) is 9.68. The van der Waals surface area contributed by atoms with E-state index < -0.39 is 7.14 Å². The third kappa shape index (κ3) is 5.63. The summed E-state index contributed by atoms with van der Waals surface area (Å²) in [7, 11) is 2.70. The lowest BCUT2D eigenvalue weighted by atomic mass is 10.1. The summed E-state index contributed by atoms with van der Waals surface area (Å²) in [4.78, 5) is 26.3. The predicted octanol–water partition coefficient (Wildman–Crippen LogP) is 6.44. The van der Waals surface area contributed by atoms with Crippen molar-refractivity contribution in [2.75, 3.05) is 49.8 Å². The summed E-state index contributed by atoms with van der Waals surface area (Å²) >= 11 is 1.55. The number of rotatable bonds is 10. The number of para-hydroxylation sites is 1. The van der Waals surface area contributed by atoms with Gasteiger partial charge in [0.05, 0.1) is 35.2 Å². The molecule has 1 aliphatic rings. The molecule has 2 aromatic heterocycles. The van der Waals surface area contributed by atoms with Crippen LogP contribution in [0.2, 0.25) is 0 Å². The Morgan fingerprint density at radius 1 is 1.07 bits per heavy atom. The Hall–Kier alpha value is -3.46. The van der Waals surface area contributed by atoms with Gasteiger partial charge in [-0.3, -0.25) is 4.79 Å². The molecule has 0 radical (unpaired) electrons. The largest absolute Gasteiger partial charge is 0.495 e. The highest BCUT2D eigenvalue weighted by Gasteiger charge is 2.34. The van der Waals surface area contributed by atoms with Gasteiger partial charge in [0.15, 0.2) is 5.82 Å². The van der Waals surface area contributed by atoms with E-state index in [-0.39, 0.29) is 17.2 Å². The standard InChI is InChI=1S/C31H39N6O3PS/c1-19(2)41(39,20(3)4)27-11-9-8-10-22(27)32-30-29-23(13-15-42-29)33-31(35-30)34-24-17-25-21(16-26(24)40-7)12-14-37(25)28(38)18-36(5)6/h8-11,13,15-17,19-20H,12,14,18H2,1-7H3,(H2,32,33,34,35). The van der Waals surface area contributed by atoms with Crippen LogP contribution in [0.1, 0.15) is 33.3 Å². The molecule has 2 aromatic carbocycles. The Balaban J connectivity index is 1.53. The van der Waals surface area contributed by atoms with Gasteiger partial charge in [-0.1, -0.05) is 39.8 Å². The summed E-state index contributed by atoms with van der Waals surface area (Å²) in [5.41, 5.74) is 4.18. The van der Waals surface area contributed by atoms with Crippen LogP contribution in [0.25, 0.3) is 10.2 Å². The zero-order valence-electron chi connectivity index (χ0n) is 25.3. The second kappa shape index (κ2) is 12.0. The van der Waals surface area contributed by atoms with Gasteiger partial charge in [-0.2, -0.15) is 4.98 Å². The van der Waals surface area contributed by atoms with E-state index in [4.69, 9.17) is 14.7 Å². The van der Waals surface area contributed by atoms with Crippen molar-refractivity contribution in [2.24, 2.45) is 0 Å². The summed E-state index contributed by atoms with van der Waals surface area (Å²) in [6, 6.07) is 13.7. The van der Waals surface area contributed by atoms with Crippen LogP contribution < -0.4 is 25.6 Å². The minimum absolute atomic E-state index is 0.00119. The first-order valence-electron chi connectivity index (χ1n) is 14.2. The van der Waals surface area contributed by atoms with Crippen molar-refractivity contribution in [3.8, 4) is 5.75 Å². The van der Waals surface area contributed by atoms with Crippen molar-refractivity contribution in [2.45, 2.75) is 45.4 Å². The fraction of sp³-hybridized carbons (Fsp3) is 0.387. The maximum atomic E-state index is 14.3. The Morgan fingerprint density at radius 2 is 1.81 bits per heavy atom. The molecule has 9 nitrogen and oxygen atoms in total. The molecule has 1 aliphatic heterocycles. The number of hydrogen-bond acceptors (Lipinski definition) is 9. The molecule has 4 aromatic rings. The lowest BCUT2D eigenvalue weighted by Gasteiger charge is -2.28. The molecule has 0 bridgehead atoms. The average Bonchev–Trinajstić information content (AvgIpc) is 3.59. The Labute approximate surface area is 251 Å². The molecule has 0 saturated carbocycles. The first kappa shape index (κ1) is 30.0. The van der Waals surface area contributed by atoms with Gasteiger partial charge in [-0.05, 0) is 61.8 Å². The van der Waals surface area contributed by atoms with Crippen molar-refractivity contribution >= 4 is 68.7 Å². The molecule has 5 rings (SSSR count). The van der Waals surface area contributed by atoms with Gasteiger partial charge in [-0.15, -0.1) is 11.3 Å². The number of anilines is 5. The molecule has 42 heavy (non-hydrogen) atoms. The predicted molar refractivity (Wildman–Crippen MR) is 176 cm³/mol. The Bertz CT molecular complexity index is 1660. The van der Waals surface area contributed by atoms with Crippen LogP contribution in [0.15, 0.2) is 47.8 Å². The van der Waals surface area contributed by atoms with Crippen molar-refractivity contribution < 1.29 is 14.1 Å². The van der Waals surface area contributed by atoms with Gasteiger partial charge in [0.25, 0.3) is 0 Å². The van der Waals surface area contributed by atoms with E-state index >= 15 is 0 Å². The van der Waals surface area contributed by atoms with Gasteiger partial charge >= 0.3 is 0 Å². The number of nitrogens with one attached hydrogen (secondary N) is 2. The number of nitrogens with zero attached hydrogens (tertiary/aromatic N) is 4. The zero-order chi connectivity index (χ0) is 30.2. The van der Waals surface area contributed by atoms with Crippen molar-refractivity contribution in [1.82, 2.24) is 14.9 Å². The topological polar surface area (TPSA) is 99.7 Å². The van der Waals surface area contributed by atoms with Crippen LogP contribution >= 0.6 is 18.5 Å². The molecule has 3 heterocycles. The molecule has 0 unspecified atom stereocenters. The fourth-order valence-electron chi connectivity index (χ4n) is 5.59.